The second-order valence-electron chi connectivity index (χ2n) is 5.91. The Hall–Kier alpha value is -1.35. The summed E-state index contributed by atoms with van der Waals surface area (Å²) in [4.78, 5) is 14.3. The summed E-state index contributed by atoms with van der Waals surface area (Å²) in [6, 6.07) is 8.10. The topological polar surface area (TPSA) is 46.3 Å². The van der Waals surface area contributed by atoms with Crippen LogP contribution < -0.4 is 10.6 Å². The van der Waals surface area contributed by atoms with Gasteiger partial charge in [-0.25, -0.2) is 0 Å². The van der Waals surface area contributed by atoms with Crippen molar-refractivity contribution in [1.29, 1.82) is 0 Å². The normalized spacial score (nSPS) is 12.5. The molecule has 0 fully saturated rings. The summed E-state index contributed by atoms with van der Waals surface area (Å²) in [5, 5.41) is 0. The first-order valence-corrected chi connectivity index (χ1v) is 7.55. The van der Waals surface area contributed by atoms with Crippen LogP contribution in [0.25, 0.3) is 0 Å². The number of amides is 1. The van der Waals surface area contributed by atoms with Crippen LogP contribution in [0.5, 0.6) is 0 Å². The number of anilines is 1. The Morgan fingerprint density at radius 1 is 1.25 bits per heavy atom. The van der Waals surface area contributed by atoms with E-state index < -0.39 is 0 Å². The lowest BCUT2D eigenvalue weighted by Crippen LogP contribution is -2.33. The molecule has 3 nitrogen and oxygen atoms in total. The summed E-state index contributed by atoms with van der Waals surface area (Å²) in [5.41, 5.74) is 7.98. The predicted octanol–water partition coefficient (Wildman–Crippen LogP) is 3.36. The molecule has 0 radical (unpaired) electrons. The van der Waals surface area contributed by atoms with Gasteiger partial charge in [0.1, 0.15) is 0 Å². The fourth-order valence-corrected chi connectivity index (χ4v) is 2.51. The van der Waals surface area contributed by atoms with E-state index in [0.29, 0.717) is 25.4 Å². The van der Waals surface area contributed by atoms with Gasteiger partial charge >= 0.3 is 0 Å². The molecule has 1 aromatic rings. The fraction of sp³-hybridized carbons (Fsp3) is 0.588. The van der Waals surface area contributed by atoms with E-state index in [1.54, 1.807) is 0 Å². The quantitative estimate of drug-likeness (QED) is 0.830. The summed E-state index contributed by atoms with van der Waals surface area (Å²) in [7, 11) is 0. The molecule has 1 aromatic carbocycles. The van der Waals surface area contributed by atoms with Crippen LogP contribution in [0.2, 0.25) is 0 Å². The summed E-state index contributed by atoms with van der Waals surface area (Å²) < 4.78 is 0. The van der Waals surface area contributed by atoms with Crippen LogP contribution in [-0.4, -0.2) is 19.0 Å². The molecule has 20 heavy (non-hydrogen) atoms. The molecule has 1 amide bonds. The molecule has 1 unspecified atom stereocenters. The predicted molar refractivity (Wildman–Crippen MR) is 85.8 cm³/mol. The van der Waals surface area contributed by atoms with Gasteiger partial charge in [0.05, 0.1) is 0 Å². The number of carbonyl (C=O) groups excluding carboxylic acids is 1. The van der Waals surface area contributed by atoms with Crippen molar-refractivity contribution in [3.63, 3.8) is 0 Å². The average molecular weight is 276 g/mol. The molecule has 0 aliphatic carbocycles. The van der Waals surface area contributed by atoms with Gasteiger partial charge in [0, 0.05) is 18.7 Å². The molecule has 112 valence electrons. The third-order valence-electron chi connectivity index (χ3n) is 3.56. The number of carbonyl (C=O) groups is 1. The van der Waals surface area contributed by atoms with E-state index in [9.17, 15) is 4.79 Å². The molecule has 0 aliphatic rings. The molecule has 0 saturated heterocycles. The Labute approximate surface area is 123 Å². The van der Waals surface area contributed by atoms with Crippen LogP contribution in [-0.2, 0) is 4.79 Å². The Morgan fingerprint density at radius 2 is 1.85 bits per heavy atom. The molecule has 0 saturated carbocycles. The average Bonchev–Trinajstić information content (AvgIpc) is 2.40. The first-order valence-electron chi connectivity index (χ1n) is 7.55. The van der Waals surface area contributed by atoms with Crippen LogP contribution in [0.3, 0.4) is 0 Å². The third-order valence-corrected chi connectivity index (χ3v) is 3.56. The van der Waals surface area contributed by atoms with Crippen LogP contribution in [0.15, 0.2) is 24.3 Å². The van der Waals surface area contributed by atoms with Gasteiger partial charge in [0.2, 0.25) is 5.91 Å². The number of nitrogens with zero attached hydrogens (tertiary/aromatic N) is 1. The van der Waals surface area contributed by atoms with Gasteiger partial charge in [-0.2, -0.15) is 0 Å². The van der Waals surface area contributed by atoms with Crippen molar-refractivity contribution in [3.05, 3.63) is 29.8 Å². The van der Waals surface area contributed by atoms with Crippen LogP contribution in [0, 0.1) is 18.8 Å². The number of hydrogen-bond acceptors (Lipinski definition) is 2. The lowest BCUT2D eigenvalue weighted by molar-refractivity contribution is -0.119. The first-order chi connectivity index (χ1) is 9.47. The van der Waals surface area contributed by atoms with E-state index >= 15 is 0 Å². The van der Waals surface area contributed by atoms with Crippen LogP contribution in [0.1, 0.15) is 39.2 Å². The van der Waals surface area contributed by atoms with Gasteiger partial charge in [0.15, 0.2) is 0 Å². The van der Waals surface area contributed by atoms with E-state index in [1.165, 1.54) is 5.56 Å². The molecule has 0 bridgehead atoms. The standard InChI is InChI=1S/C17H28N2O/c1-5-19(16-8-6-14(4)7-9-16)17(20)11-15(12-18)10-13(2)3/h6-9,13,15H,5,10-12,18H2,1-4H3. The lowest BCUT2D eigenvalue weighted by atomic mass is 9.93. The number of nitrogens with two attached hydrogens (primary N) is 1. The van der Waals surface area contributed by atoms with E-state index in [1.807, 2.05) is 36.1 Å². The molecule has 0 aliphatic heterocycles. The first kappa shape index (κ1) is 16.7. The molecule has 0 heterocycles. The third kappa shape index (κ3) is 4.97. The SMILES string of the molecule is CCN(C(=O)CC(CN)CC(C)C)c1ccc(C)cc1. The summed E-state index contributed by atoms with van der Waals surface area (Å²) >= 11 is 0. The smallest absolute Gasteiger partial charge is 0.227 e. The molecule has 0 spiro atoms. The minimum Gasteiger partial charge on any atom is -0.330 e. The number of rotatable bonds is 7. The summed E-state index contributed by atoms with van der Waals surface area (Å²) in [6.45, 7) is 9.68. The van der Waals surface area contributed by atoms with Gasteiger partial charge in [-0.15, -0.1) is 0 Å². The highest BCUT2D eigenvalue weighted by molar-refractivity contribution is 5.93. The second-order valence-corrected chi connectivity index (χ2v) is 5.91. The highest BCUT2D eigenvalue weighted by atomic mass is 16.2. The minimum atomic E-state index is 0.174. The minimum absolute atomic E-state index is 0.174. The van der Waals surface area contributed by atoms with Crippen molar-refractivity contribution in [1.82, 2.24) is 0 Å². The van der Waals surface area contributed by atoms with Gasteiger partial charge in [-0.1, -0.05) is 31.5 Å². The van der Waals surface area contributed by atoms with Crippen molar-refractivity contribution < 1.29 is 4.79 Å². The van der Waals surface area contributed by atoms with Crippen molar-refractivity contribution in [3.8, 4) is 0 Å². The summed E-state index contributed by atoms with van der Waals surface area (Å²) in [5.74, 6) is 1.03. The zero-order valence-electron chi connectivity index (χ0n) is 13.2. The van der Waals surface area contributed by atoms with Gasteiger partial charge in [-0.05, 0) is 50.8 Å². The highest BCUT2D eigenvalue weighted by Crippen LogP contribution is 2.20. The number of hydrogen-bond donors (Lipinski definition) is 1. The van der Waals surface area contributed by atoms with Gasteiger partial charge < -0.3 is 10.6 Å². The number of benzene rings is 1. The second kappa shape index (κ2) is 8.05. The Balaban J connectivity index is 2.73. The summed E-state index contributed by atoms with van der Waals surface area (Å²) in [6.07, 6.45) is 1.55. The molecule has 0 aromatic heterocycles. The Morgan fingerprint density at radius 3 is 2.30 bits per heavy atom. The fourth-order valence-electron chi connectivity index (χ4n) is 2.51. The molecular formula is C17H28N2O. The van der Waals surface area contributed by atoms with Gasteiger partial charge in [0.25, 0.3) is 0 Å². The van der Waals surface area contributed by atoms with E-state index in [0.717, 1.165) is 12.1 Å². The maximum atomic E-state index is 12.5. The maximum Gasteiger partial charge on any atom is 0.227 e. The van der Waals surface area contributed by atoms with E-state index in [4.69, 9.17) is 5.73 Å². The molecule has 1 rings (SSSR count). The van der Waals surface area contributed by atoms with Crippen molar-refractivity contribution in [2.24, 2.45) is 17.6 Å². The van der Waals surface area contributed by atoms with Crippen molar-refractivity contribution >= 4 is 11.6 Å². The highest BCUT2D eigenvalue weighted by Gasteiger charge is 2.19. The molecular weight excluding hydrogens is 248 g/mol. The van der Waals surface area contributed by atoms with E-state index in [2.05, 4.69) is 20.8 Å². The van der Waals surface area contributed by atoms with Crippen LogP contribution in [0.4, 0.5) is 5.69 Å². The molecule has 3 heteroatoms. The molecule has 1 atom stereocenters. The molecule has 2 N–H and O–H groups in total. The maximum absolute atomic E-state index is 12.5. The van der Waals surface area contributed by atoms with Crippen LogP contribution >= 0.6 is 0 Å². The van der Waals surface area contributed by atoms with E-state index in [-0.39, 0.29) is 11.8 Å². The Bertz CT molecular complexity index is 412. The largest absolute Gasteiger partial charge is 0.330 e. The van der Waals surface area contributed by atoms with Gasteiger partial charge in [-0.3, -0.25) is 4.79 Å². The number of aryl methyl sites for hydroxylation is 1. The zero-order chi connectivity index (χ0) is 15.1. The lowest BCUT2D eigenvalue weighted by Gasteiger charge is -2.24. The zero-order valence-corrected chi connectivity index (χ0v) is 13.2. The van der Waals surface area contributed by atoms with Crippen molar-refractivity contribution in [2.45, 2.75) is 40.5 Å². The monoisotopic (exact) mass is 276 g/mol. The Kier molecular flexibility index (Phi) is 6.73. The van der Waals surface area contributed by atoms with Crippen molar-refractivity contribution in [2.75, 3.05) is 18.0 Å².